The topological polar surface area (TPSA) is 55.1 Å². The normalized spacial score (nSPS) is 10.4. The fourth-order valence-corrected chi connectivity index (χ4v) is 2.00. The molecule has 2 aromatic rings. The molecule has 94 valence electrons. The number of halogens is 1. The van der Waals surface area contributed by atoms with Gasteiger partial charge in [0.15, 0.2) is 0 Å². The van der Waals surface area contributed by atoms with E-state index in [1.165, 1.54) is 0 Å². The third-order valence-electron chi connectivity index (χ3n) is 2.51. The summed E-state index contributed by atoms with van der Waals surface area (Å²) in [4.78, 5) is 16.0. The van der Waals surface area contributed by atoms with Gasteiger partial charge >= 0.3 is 0 Å². The summed E-state index contributed by atoms with van der Waals surface area (Å²) in [6, 6.07) is 5.57. The first kappa shape index (κ1) is 12.8. The van der Waals surface area contributed by atoms with Crippen molar-refractivity contribution in [3.63, 3.8) is 0 Å². The van der Waals surface area contributed by atoms with Gasteiger partial charge in [-0.15, -0.1) is 0 Å². The predicted molar refractivity (Wildman–Crippen MR) is 71.3 cm³/mol. The summed E-state index contributed by atoms with van der Waals surface area (Å²) >= 11 is 3.41. The third-order valence-corrected chi connectivity index (χ3v) is 3.56. The molecule has 0 spiro atoms. The molecule has 1 heterocycles. The highest BCUT2D eigenvalue weighted by Gasteiger charge is 2.11. The van der Waals surface area contributed by atoms with E-state index in [2.05, 4.69) is 26.2 Å². The quantitative estimate of drug-likeness (QED) is 0.948. The molecule has 2 rings (SSSR count). The molecule has 1 N–H and O–H groups in total. The van der Waals surface area contributed by atoms with Crippen LogP contribution in [0.5, 0.6) is 0 Å². The van der Waals surface area contributed by atoms with Gasteiger partial charge in [0.25, 0.3) is 5.91 Å². The van der Waals surface area contributed by atoms with Crippen molar-refractivity contribution in [2.45, 2.75) is 20.4 Å². The molecule has 0 saturated heterocycles. The number of aromatic nitrogens is 1. The average Bonchev–Trinajstić information content (AvgIpc) is 2.76. The Hall–Kier alpha value is -1.62. The lowest BCUT2D eigenvalue weighted by Gasteiger charge is -2.06. The molecule has 1 amide bonds. The molecule has 0 radical (unpaired) electrons. The van der Waals surface area contributed by atoms with Crippen LogP contribution in [0, 0.1) is 13.8 Å². The van der Waals surface area contributed by atoms with Crippen LogP contribution >= 0.6 is 15.9 Å². The molecule has 0 bridgehead atoms. The number of carbonyl (C=O) groups excluding carboxylic acids is 1. The van der Waals surface area contributed by atoms with E-state index >= 15 is 0 Å². The fourth-order valence-electron chi connectivity index (χ4n) is 1.56. The molecule has 18 heavy (non-hydrogen) atoms. The Balaban J connectivity index is 2.06. The van der Waals surface area contributed by atoms with Gasteiger partial charge in [0.2, 0.25) is 5.89 Å². The van der Waals surface area contributed by atoms with Crippen LogP contribution in [0.4, 0.5) is 0 Å². The van der Waals surface area contributed by atoms with Gasteiger partial charge in [0.05, 0.1) is 18.3 Å². The summed E-state index contributed by atoms with van der Waals surface area (Å²) in [7, 11) is 0. The maximum absolute atomic E-state index is 12.0. The Kier molecular flexibility index (Phi) is 3.81. The van der Waals surface area contributed by atoms with Crippen LogP contribution < -0.4 is 5.32 Å². The molecular weight excluding hydrogens is 296 g/mol. The highest BCUT2D eigenvalue weighted by Crippen LogP contribution is 2.20. The minimum Gasteiger partial charge on any atom is -0.444 e. The first-order valence-corrected chi connectivity index (χ1v) is 6.32. The van der Waals surface area contributed by atoms with Gasteiger partial charge in [-0.1, -0.05) is 12.1 Å². The van der Waals surface area contributed by atoms with Crippen LogP contribution in [0.1, 0.15) is 27.6 Å². The Morgan fingerprint density at radius 2 is 2.22 bits per heavy atom. The van der Waals surface area contributed by atoms with E-state index in [1.807, 2.05) is 26.0 Å². The summed E-state index contributed by atoms with van der Waals surface area (Å²) in [6.45, 7) is 4.04. The number of hydrogen-bond acceptors (Lipinski definition) is 3. The van der Waals surface area contributed by atoms with Crippen LogP contribution in [0.3, 0.4) is 0 Å². The van der Waals surface area contributed by atoms with Crippen molar-refractivity contribution in [2.75, 3.05) is 0 Å². The highest BCUT2D eigenvalue weighted by molar-refractivity contribution is 9.10. The number of amides is 1. The molecule has 0 aliphatic rings. The number of benzene rings is 1. The van der Waals surface area contributed by atoms with Crippen molar-refractivity contribution in [2.24, 2.45) is 0 Å². The SMILES string of the molecule is Cc1cnc(CNC(=O)c2cccc(C)c2Br)o1. The van der Waals surface area contributed by atoms with Crippen molar-refractivity contribution in [3.8, 4) is 0 Å². The highest BCUT2D eigenvalue weighted by atomic mass is 79.9. The third kappa shape index (κ3) is 2.79. The first-order chi connectivity index (χ1) is 8.58. The zero-order chi connectivity index (χ0) is 13.1. The smallest absolute Gasteiger partial charge is 0.252 e. The second-order valence-electron chi connectivity index (χ2n) is 3.98. The average molecular weight is 309 g/mol. The lowest BCUT2D eigenvalue weighted by molar-refractivity contribution is 0.0946. The largest absolute Gasteiger partial charge is 0.444 e. The zero-order valence-electron chi connectivity index (χ0n) is 10.2. The number of oxazole rings is 1. The zero-order valence-corrected chi connectivity index (χ0v) is 11.7. The van der Waals surface area contributed by atoms with Gasteiger partial charge < -0.3 is 9.73 Å². The standard InChI is InChI=1S/C13H13BrN2O2/c1-8-4-3-5-10(12(8)14)13(17)16-7-11-15-6-9(2)18-11/h3-6H,7H2,1-2H3,(H,16,17). The minimum atomic E-state index is -0.151. The monoisotopic (exact) mass is 308 g/mol. The predicted octanol–water partition coefficient (Wildman–Crippen LogP) is 2.98. The van der Waals surface area contributed by atoms with Crippen molar-refractivity contribution >= 4 is 21.8 Å². The Bertz CT molecular complexity index is 578. The number of carbonyl (C=O) groups is 1. The fraction of sp³-hybridized carbons (Fsp3) is 0.231. The van der Waals surface area contributed by atoms with Crippen molar-refractivity contribution in [1.82, 2.24) is 10.3 Å². The maximum atomic E-state index is 12.0. The van der Waals surface area contributed by atoms with E-state index in [-0.39, 0.29) is 12.5 Å². The van der Waals surface area contributed by atoms with Gasteiger partial charge in [0.1, 0.15) is 5.76 Å². The van der Waals surface area contributed by atoms with Crippen molar-refractivity contribution < 1.29 is 9.21 Å². The Morgan fingerprint density at radius 1 is 1.44 bits per heavy atom. The Morgan fingerprint density at radius 3 is 2.89 bits per heavy atom. The van der Waals surface area contributed by atoms with Gasteiger partial charge in [-0.05, 0) is 41.4 Å². The molecule has 0 aliphatic heterocycles. The summed E-state index contributed by atoms with van der Waals surface area (Å²) in [5.74, 6) is 1.09. The number of nitrogens with zero attached hydrogens (tertiary/aromatic N) is 1. The summed E-state index contributed by atoms with van der Waals surface area (Å²) in [6.07, 6.45) is 1.63. The molecule has 1 aromatic heterocycles. The van der Waals surface area contributed by atoms with E-state index < -0.39 is 0 Å². The lowest BCUT2D eigenvalue weighted by atomic mass is 10.1. The number of nitrogens with one attached hydrogen (secondary N) is 1. The van der Waals surface area contributed by atoms with Crippen LogP contribution in [-0.2, 0) is 6.54 Å². The van der Waals surface area contributed by atoms with E-state index in [4.69, 9.17) is 4.42 Å². The van der Waals surface area contributed by atoms with E-state index in [0.29, 0.717) is 11.5 Å². The summed E-state index contributed by atoms with van der Waals surface area (Å²) < 4.78 is 6.10. The Labute approximate surface area is 114 Å². The molecule has 0 fully saturated rings. The molecule has 5 heteroatoms. The van der Waals surface area contributed by atoms with Crippen LogP contribution in [-0.4, -0.2) is 10.9 Å². The van der Waals surface area contributed by atoms with Gasteiger partial charge in [-0.3, -0.25) is 4.79 Å². The molecule has 0 atom stereocenters. The van der Waals surface area contributed by atoms with Crippen molar-refractivity contribution in [1.29, 1.82) is 0 Å². The van der Waals surface area contributed by atoms with Gasteiger partial charge in [0, 0.05) is 4.47 Å². The molecular formula is C13H13BrN2O2. The summed E-state index contributed by atoms with van der Waals surface area (Å²) in [5.41, 5.74) is 1.63. The molecule has 1 aromatic carbocycles. The minimum absolute atomic E-state index is 0.151. The van der Waals surface area contributed by atoms with E-state index in [1.54, 1.807) is 12.3 Å². The lowest BCUT2D eigenvalue weighted by Crippen LogP contribution is -2.23. The number of rotatable bonds is 3. The molecule has 0 saturated carbocycles. The molecule has 0 aliphatic carbocycles. The van der Waals surface area contributed by atoms with Crippen LogP contribution in [0.15, 0.2) is 33.3 Å². The molecule has 4 nitrogen and oxygen atoms in total. The maximum Gasteiger partial charge on any atom is 0.252 e. The number of hydrogen-bond donors (Lipinski definition) is 1. The molecule has 0 unspecified atom stereocenters. The van der Waals surface area contributed by atoms with Gasteiger partial charge in [-0.25, -0.2) is 4.98 Å². The summed E-state index contributed by atoms with van der Waals surface area (Å²) in [5, 5.41) is 2.77. The second kappa shape index (κ2) is 5.35. The van der Waals surface area contributed by atoms with Crippen LogP contribution in [0.25, 0.3) is 0 Å². The van der Waals surface area contributed by atoms with Crippen molar-refractivity contribution in [3.05, 3.63) is 51.6 Å². The van der Waals surface area contributed by atoms with Crippen LogP contribution in [0.2, 0.25) is 0 Å². The van der Waals surface area contributed by atoms with E-state index in [0.717, 1.165) is 15.8 Å². The van der Waals surface area contributed by atoms with Gasteiger partial charge in [-0.2, -0.15) is 0 Å². The van der Waals surface area contributed by atoms with E-state index in [9.17, 15) is 4.79 Å². The second-order valence-corrected chi connectivity index (χ2v) is 4.78. The first-order valence-electron chi connectivity index (χ1n) is 5.52. The number of aryl methyl sites for hydroxylation is 2.